The Hall–Kier alpha value is -2.36. The van der Waals surface area contributed by atoms with Crippen LogP contribution in [0.1, 0.15) is 29.3 Å². The minimum atomic E-state index is -0.669. The number of rotatable bonds is 1. The maximum absolute atomic E-state index is 12.1. The summed E-state index contributed by atoms with van der Waals surface area (Å²) in [5, 5.41) is 9.77. The van der Waals surface area contributed by atoms with E-state index < -0.39 is 11.6 Å². The lowest BCUT2D eigenvalue weighted by Gasteiger charge is -2.17. The third-order valence-corrected chi connectivity index (χ3v) is 3.47. The Balaban J connectivity index is 2.19. The van der Waals surface area contributed by atoms with Gasteiger partial charge in [0.1, 0.15) is 17.6 Å². The zero-order valence-electron chi connectivity index (χ0n) is 10.4. The molecule has 0 spiro atoms. The van der Waals surface area contributed by atoms with Crippen molar-refractivity contribution in [3.63, 3.8) is 0 Å². The van der Waals surface area contributed by atoms with Crippen LogP contribution in [0.25, 0.3) is 5.76 Å². The molecule has 0 aromatic heterocycles. The van der Waals surface area contributed by atoms with Crippen LogP contribution in [0.4, 0.5) is 0 Å². The van der Waals surface area contributed by atoms with E-state index in [-0.39, 0.29) is 17.4 Å². The van der Waals surface area contributed by atoms with E-state index in [1.807, 2.05) is 6.92 Å². The Morgan fingerprint density at radius 2 is 2.11 bits per heavy atom. The summed E-state index contributed by atoms with van der Waals surface area (Å²) >= 11 is 0. The Bertz CT molecular complexity index is 667. The molecule has 0 amide bonds. The van der Waals surface area contributed by atoms with E-state index in [1.165, 1.54) is 6.07 Å². The highest BCUT2D eigenvalue weighted by Gasteiger charge is 2.41. The third-order valence-electron chi connectivity index (χ3n) is 3.47. The highest BCUT2D eigenvalue weighted by atomic mass is 16.5. The molecule has 0 saturated heterocycles. The van der Waals surface area contributed by atoms with Crippen molar-refractivity contribution in [3.8, 4) is 5.75 Å². The van der Waals surface area contributed by atoms with Gasteiger partial charge in [0.05, 0.1) is 11.1 Å². The van der Waals surface area contributed by atoms with Gasteiger partial charge >= 0.3 is 0 Å². The monoisotopic (exact) mass is 256 g/mol. The molecule has 1 aromatic carbocycles. The van der Waals surface area contributed by atoms with Crippen LogP contribution < -0.4 is 0 Å². The van der Waals surface area contributed by atoms with Gasteiger partial charge in [0.25, 0.3) is 0 Å². The molecule has 4 nitrogen and oxygen atoms in total. The Morgan fingerprint density at radius 1 is 1.37 bits per heavy atom. The van der Waals surface area contributed by atoms with Crippen molar-refractivity contribution >= 4 is 17.3 Å². The first kappa shape index (κ1) is 11.7. The zero-order chi connectivity index (χ0) is 13.7. The molecule has 1 aliphatic heterocycles. The summed E-state index contributed by atoms with van der Waals surface area (Å²) in [6.45, 7) is 5.63. The predicted molar refractivity (Wildman–Crippen MR) is 68.7 cm³/mol. The summed E-state index contributed by atoms with van der Waals surface area (Å²) in [5.41, 5.74) is 1.71. The molecule has 19 heavy (non-hydrogen) atoms. The maximum Gasteiger partial charge on any atom is 0.237 e. The van der Waals surface area contributed by atoms with Gasteiger partial charge in [-0.05, 0) is 18.6 Å². The zero-order valence-corrected chi connectivity index (χ0v) is 10.4. The van der Waals surface area contributed by atoms with E-state index in [0.717, 1.165) is 5.57 Å². The molecule has 2 aliphatic rings. The quantitative estimate of drug-likeness (QED) is 0.618. The van der Waals surface area contributed by atoms with E-state index in [9.17, 15) is 14.7 Å². The lowest BCUT2D eigenvalue weighted by molar-refractivity contribution is -0.112. The molecule has 1 heterocycles. The number of aromatic hydroxyl groups is 1. The molecular weight excluding hydrogens is 244 g/mol. The molecule has 1 N–H and O–H groups in total. The van der Waals surface area contributed by atoms with E-state index in [2.05, 4.69) is 6.58 Å². The van der Waals surface area contributed by atoms with Crippen molar-refractivity contribution in [3.05, 3.63) is 47.1 Å². The number of carbonyl (C=O) groups is 2. The van der Waals surface area contributed by atoms with Crippen LogP contribution in [-0.2, 0) is 9.53 Å². The summed E-state index contributed by atoms with van der Waals surface area (Å²) in [7, 11) is 0. The molecule has 3 rings (SSSR count). The molecule has 1 aliphatic carbocycles. The second-order valence-electron chi connectivity index (χ2n) is 4.82. The topological polar surface area (TPSA) is 63.6 Å². The minimum Gasteiger partial charge on any atom is -0.507 e. The van der Waals surface area contributed by atoms with Crippen LogP contribution in [0.2, 0.25) is 0 Å². The number of hydrogen-bond acceptors (Lipinski definition) is 4. The van der Waals surface area contributed by atoms with Gasteiger partial charge in [-0.25, -0.2) is 0 Å². The van der Waals surface area contributed by atoms with Gasteiger partial charge in [0, 0.05) is 12.0 Å². The molecule has 0 radical (unpaired) electrons. The number of benzene rings is 1. The van der Waals surface area contributed by atoms with E-state index in [1.54, 1.807) is 12.1 Å². The van der Waals surface area contributed by atoms with Crippen molar-refractivity contribution in [1.29, 1.82) is 0 Å². The average Bonchev–Trinajstić information content (AvgIpc) is 2.81. The van der Waals surface area contributed by atoms with Crippen molar-refractivity contribution in [2.24, 2.45) is 0 Å². The van der Waals surface area contributed by atoms with Gasteiger partial charge in [-0.1, -0.05) is 18.7 Å². The first-order chi connectivity index (χ1) is 9.00. The lowest BCUT2D eigenvalue weighted by Crippen LogP contribution is -2.22. The number of ketones is 2. The first-order valence-electron chi connectivity index (χ1n) is 5.97. The Labute approximate surface area is 110 Å². The summed E-state index contributed by atoms with van der Waals surface area (Å²) in [6, 6.07) is 4.69. The normalized spacial score (nSPS) is 21.0. The van der Waals surface area contributed by atoms with Gasteiger partial charge in [0.2, 0.25) is 11.6 Å². The minimum absolute atomic E-state index is 0.0358. The average molecular weight is 256 g/mol. The molecule has 96 valence electrons. The molecule has 0 bridgehead atoms. The second kappa shape index (κ2) is 3.82. The maximum atomic E-state index is 12.1. The number of Topliss-reactive ketones (excluding diaryl/α,β-unsaturated/α-hetero) is 2. The number of phenols is 1. The van der Waals surface area contributed by atoms with Crippen molar-refractivity contribution in [1.82, 2.24) is 0 Å². The van der Waals surface area contributed by atoms with Crippen LogP contribution in [-0.4, -0.2) is 22.8 Å². The highest BCUT2D eigenvalue weighted by molar-refractivity contribution is 6.52. The Morgan fingerprint density at radius 3 is 2.79 bits per heavy atom. The number of carbonyl (C=O) groups excluding carboxylic acids is 2. The smallest absolute Gasteiger partial charge is 0.237 e. The summed E-state index contributed by atoms with van der Waals surface area (Å²) in [4.78, 5) is 24.1. The van der Waals surface area contributed by atoms with Crippen molar-refractivity contribution in [2.75, 3.05) is 0 Å². The fraction of sp³-hybridized carbons (Fsp3) is 0.200. The van der Waals surface area contributed by atoms with Gasteiger partial charge in [-0.3, -0.25) is 9.59 Å². The van der Waals surface area contributed by atoms with E-state index in [4.69, 9.17) is 4.74 Å². The van der Waals surface area contributed by atoms with E-state index >= 15 is 0 Å². The lowest BCUT2D eigenvalue weighted by atomic mass is 9.87. The third kappa shape index (κ3) is 1.53. The van der Waals surface area contributed by atoms with Crippen LogP contribution in [0, 0.1) is 0 Å². The molecule has 0 saturated carbocycles. The molecule has 0 fully saturated rings. The molecule has 1 aromatic rings. The summed E-state index contributed by atoms with van der Waals surface area (Å²) < 4.78 is 5.72. The fourth-order valence-electron chi connectivity index (χ4n) is 2.45. The molecular formula is C15H12O4. The van der Waals surface area contributed by atoms with Gasteiger partial charge in [-0.2, -0.15) is 0 Å². The predicted octanol–water partition coefficient (Wildman–Crippen LogP) is 2.23. The van der Waals surface area contributed by atoms with E-state index in [0.29, 0.717) is 23.3 Å². The van der Waals surface area contributed by atoms with Crippen molar-refractivity contribution in [2.45, 2.75) is 19.4 Å². The molecule has 0 unspecified atom stereocenters. The number of ether oxygens (including phenoxy) is 1. The van der Waals surface area contributed by atoms with Gasteiger partial charge in [-0.15, -0.1) is 0 Å². The summed E-state index contributed by atoms with van der Waals surface area (Å²) in [6.07, 6.45) is 0.0831. The largest absolute Gasteiger partial charge is 0.507 e. The standard InChI is InChI=1S/C15H12O4/c1-7(2)11-6-9-13(17)14(18)12-8(15(9)19-11)4-3-5-10(12)16/h3-5,11,16H,1,6H2,2H3/t11-/m1/s1. The van der Waals surface area contributed by atoms with Crippen molar-refractivity contribution < 1.29 is 19.4 Å². The van der Waals surface area contributed by atoms with Crippen LogP contribution in [0.3, 0.4) is 0 Å². The molecule has 4 heteroatoms. The highest BCUT2D eigenvalue weighted by Crippen LogP contribution is 2.42. The molecule has 1 atom stereocenters. The Kier molecular flexibility index (Phi) is 2.35. The fourth-order valence-corrected chi connectivity index (χ4v) is 2.45. The number of fused-ring (bicyclic) bond motifs is 2. The van der Waals surface area contributed by atoms with Crippen LogP contribution >= 0.6 is 0 Å². The number of phenolic OH excluding ortho intramolecular Hbond substituents is 1. The first-order valence-corrected chi connectivity index (χ1v) is 5.97. The summed E-state index contributed by atoms with van der Waals surface area (Å²) in [5.74, 6) is -1.04. The number of hydrogen-bond donors (Lipinski definition) is 1. The second-order valence-corrected chi connectivity index (χ2v) is 4.82. The van der Waals surface area contributed by atoms with Crippen LogP contribution in [0.15, 0.2) is 35.9 Å². The van der Waals surface area contributed by atoms with Gasteiger partial charge < -0.3 is 9.84 Å². The van der Waals surface area contributed by atoms with Crippen LogP contribution in [0.5, 0.6) is 5.75 Å². The van der Waals surface area contributed by atoms with Gasteiger partial charge in [0.15, 0.2) is 0 Å². The SMILES string of the molecule is C=C(C)[C@H]1CC2=C(O1)c1cccc(O)c1C(=O)C2=O.